The molecule has 25 heavy (non-hydrogen) atoms. The van der Waals surface area contributed by atoms with Gasteiger partial charge < -0.3 is 16.0 Å². The predicted octanol–water partition coefficient (Wildman–Crippen LogP) is 3.22. The summed E-state index contributed by atoms with van der Waals surface area (Å²) in [7, 11) is 0. The molecule has 0 aliphatic rings. The molecule has 0 aromatic heterocycles. The Morgan fingerprint density at radius 3 is 2.24 bits per heavy atom. The van der Waals surface area contributed by atoms with Crippen molar-refractivity contribution in [2.24, 2.45) is 10.4 Å². The van der Waals surface area contributed by atoms with Crippen LogP contribution >= 0.6 is 35.6 Å². The van der Waals surface area contributed by atoms with Crippen LogP contribution in [0.15, 0.2) is 29.3 Å². The number of amides is 1. The van der Waals surface area contributed by atoms with Crippen LogP contribution in [0.2, 0.25) is 5.02 Å². The summed E-state index contributed by atoms with van der Waals surface area (Å²) in [6, 6.07) is 7.81. The molecule has 0 bridgehead atoms. The molecular weight excluding hydrogens is 451 g/mol. The van der Waals surface area contributed by atoms with E-state index in [1.165, 1.54) is 5.56 Å². The summed E-state index contributed by atoms with van der Waals surface area (Å²) >= 11 is 5.88. The molecule has 0 heterocycles. The fourth-order valence-corrected chi connectivity index (χ4v) is 2.04. The van der Waals surface area contributed by atoms with Crippen molar-refractivity contribution in [1.29, 1.82) is 0 Å². The fourth-order valence-electron chi connectivity index (χ4n) is 1.91. The molecule has 0 radical (unpaired) electrons. The van der Waals surface area contributed by atoms with Gasteiger partial charge in [0.15, 0.2) is 5.96 Å². The second-order valence-corrected chi connectivity index (χ2v) is 7.01. The summed E-state index contributed by atoms with van der Waals surface area (Å²) < 4.78 is 0. The molecule has 142 valence electrons. The molecule has 0 unspecified atom stereocenters. The minimum absolute atomic E-state index is 0. The maximum Gasteiger partial charge on any atom is 0.225 e. The van der Waals surface area contributed by atoms with Crippen LogP contribution < -0.4 is 16.0 Å². The van der Waals surface area contributed by atoms with Crippen LogP contribution in [-0.2, 0) is 11.2 Å². The van der Waals surface area contributed by atoms with E-state index in [-0.39, 0.29) is 35.3 Å². The number of nitrogens with one attached hydrogen (secondary N) is 3. The molecule has 0 aliphatic heterocycles. The number of aliphatic imine (C=N–C) groups is 1. The van der Waals surface area contributed by atoms with Crippen molar-refractivity contribution in [3.05, 3.63) is 34.9 Å². The number of rotatable bonds is 7. The minimum Gasteiger partial charge on any atom is -0.357 e. The summed E-state index contributed by atoms with van der Waals surface area (Å²) in [6.07, 6.45) is 0.856. The molecule has 1 aromatic rings. The van der Waals surface area contributed by atoms with Crippen LogP contribution in [0.5, 0.6) is 0 Å². The molecule has 0 saturated carbocycles. The van der Waals surface area contributed by atoms with Gasteiger partial charge in [0.1, 0.15) is 0 Å². The maximum absolute atomic E-state index is 11.8. The Labute approximate surface area is 173 Å². The highest BCUT2D eigenvalue weighted by Crippen LogP contribution is 2.12. The van der Waals surface area contributed by atoms with Gasteiger partial charge in [0.05, 0.1) is 0 Å². The number of hydrogen-bond donors (Lipinski definition) is 3. The Kier molecular flexibility index (Phi) is 11.8. The van der Waals surface area contributed by atoms with E-state index in [9.17, 15) is 4.79 Å². The van der Waals surface area contributed by atoms with Gasteiger partial charge in [-0.25, -0.2) is 0 Å². The van der Waals surface area contributed by atoms with Gasteiger partial charge in [-0.05, 0) is 31.0 Å². The highest BCUT2D eigenvalue weighted by Gasteiger charge is 2.20. The Morgan fingerprint density at radius 1 is 1.08 bits per heavy atom. The average Bonchev–Trinajstić information content (AvgIpc) is 2.52. The second-order valence-electron chi connectivity index (χ2n) is 6.57. The summed E-state index contributed by atoms with van der Waals surface area (Å²) in [5.41, 5.74) is 0.841. The van der Waals surface area contributed by atoms with E-state index in [2.05, 4.69) is 20.9 Å². The average molecular weight is 481 g/mol. The molecule has 0 spiro atoms. The number of hydrogen-bond acceptors (Lipinski definition) is 2. The van der Waals surface area contributed by atoms with Crippen molar-refractivity contribution in [2.75, 3.05) is 26.2 Å². The van der Waals surface area contributed by atoms with Crippen molar-refractivity contribution in [3.8, 4) is 0 Å². The number of benzene rings is 1. The molecule has 0 saturated heterocycles. The quantitative estimate of drug-likeness (QED) is 0.243. The van der Waals surface area contributed by atoms with Crippen LogP contribution in [0.1, 0.15) is 33.3 Å². The van der Waals surface area contributed by atoms with Crippen molar-refractivity contribution in [1.82, 2.24) is 16.0 Å². The largest absolute Gasteiger partial charge is 0.357 e. The van der Waals surface area contributed by atoms with Gasteiger partial charge in [0.2, 0.25) is 5.91 Å². The van der Waals surface area contributed by atoms with Gasteiger partial charge in [-0.2, -0.15) is 0 Å². The highest BCUT2D eigenvalue weighted by atomic mass is 127. The Hall–Kier alpha value is -1.02. The monoisotopic (exact) mass is 480 g/mol. The van der Waals surface area contributed by atoms with Crippen molar-refractivity contribution in [3.63, 3.8) is 0 Å². The topological polar surface area (TPSA) is 65.5 Å². The third-order valence-electron chi connectivity index (χ3n) is 3.31. The zero-order chi connectivity index (χ0) is 18.0. The van der Waals surface area contributed by atoms with Gasteiger partial charge in [0.25, 0.3) is 0 Å². The van der Waals surface area contributed by atoms with E-state index < -0.39 is 0 Å². The van der Waals surface area contributed by atoms with Crippen molar-refractivity contribution >= 4 is 47.4 Å². The lowest BCUT2D eigenvalue weighted by molar-refractivity contribution is -0.128. The van der Waals surface area contributed by atoms with Crippen molar-refractivity contribution in [2.45, 2.75) is 34.1 Å². The standard InChI is InChI=1S/C18H29ClN4O.HI/c1-5-20-17(23-13-12-21-16(24)18(2,3)4)22-11-10-14-6-8-15(19)9-7-14;/h6-9H,5,10-13H2,1-4H3,(H,21,24)(H2,20,22,23);1H. The Morgan fingerprint density at radius 2 is 1.68 bits per heavy atom. The highest BCUT2D eigenvalue weighted by molar-refractivity contribution is 14.0. The summed E-state index contributed by atoms with van der Waals surface area (Å²) in [5, 5.41) is 10.1. The van der Waals surface area contributed by atoms with E-state index in [4.69, 9.17) is 11.6 Å². The summed E-state index contributed by atoms with van der Waals surface area (Å²) in [6.45, 7) is 10.4. The lowest BCUT2D eigenvalue weighted by atomic mass is 9.96. The van der Waals surface area contributed by atoms with Gasteiger partial charge >= 0.3 is 0 Å². The molecule has 7 heteroatoms. The van der Waals surface area contributed by atoms with Crippen LogP contribution in [0, 0.1) is 5.41 Å². The molecule has 0 aliphatic carbocycles. The molecule has 1 aromatic carbocycles. The van der Waals surface area contributed by atoms with E-state index in [1.807, 2.05) is 52.0 Å². The maximum atomic E-state index is 11.8. The first-order chi connectivity index (χ1) is 11.3. The Bertz CT molecular complexity index is 541. The van der Waals surface area contributed by atoms with Crippen LogP contribution in [0.3, 0.4) is 0 Å². The zero-order valence-electron chi connectivity index (χ0n) is 15.5. The molecule has 0 atom stereocenters. The second kappa shape index (κ2) is 12.4. The number of carbonyl (C=O) groups is 1. The van der Waals surface area contributed by atoms with Crippen LogP contribution in [-0.4, -0.2) is 38.0 Å². The van der Waals surface area contributed by atoms with Gasteiger partial charge in [-0.1, -0.05) is 44.5 Å². The molecule has 1 rings (SSSR count). The van der Waals surface area contributed by atoms with Gasteiger partial charge in [0, 0.05) is 36.6 Å². The molecule has 0 fully saturated rings. The molecule has 1 amide bonds. The number of guanidine groups is 1. The molecular formula is C18H30ClIN4O. The minimum atomic E-state index is -0.364. The van der Waals surface area contributed by atoms with Gasteiger partial charge in [-0.3, -0.25) is 9.79 Å². The number of nitrogens with zero attached hydrogens (tertiary/aromatic N) is 1. The van der Waals surface area contributed by atoms with E-state index in [0.717, 1.165) is 23.9 Å². The first-order valence-corrected chi connectivity index (χ1v) is 8.75. The smallest absolute Gasteiger partial charge is 0.225 e. The van der Waals surface area contributed by atoms with Crippen LogP contribution in [0.4, 0.5) is 0 Å². The van der Waals surface area contributed by atoms with Crippen molar-refractivity contribution < 1.29 is 4.79 Å². The zero-order valence-corrected chi connectivity index (χ0v) is 18.6. The van der Waals surface area contributed by atoms with E-state index in [0.29, 0.717) is 19.6 Å². The fraction of sp³-hybridized carbons (Fsp3) is 0.556. The van der Waals surface area contributed by atoms with Crippen LogP contribution in [0.25, 0.3) is 0 Å². The molecule has 3 N–H and O–H groups in total. The summed E-state index contributed by atoms with van der Waals surface area (Å²) in [5.74, 6) is 0.811. The SMILES string of the molecule is CCNC(=NCCc1ccc(Cl)cc1)NCCNC(=O)C(C)(C)C.I. The Balaban J connectivity index is 0.00000576. The summed E-state index contributed by atoms with van der Waals surface area (Å²) in [4.78, 5) is 16.3. The number of halogens is 2. The predicted molar refractivity (Wildman–Crippen MR) is 117 cm³/mol. The lowest BCUT2D eigenvalue weighted by Crippen LogP contribution is -2.43. The number of carbonyl (C=O) groups excluding carboxylic acids is 1. The first-order valence-electron chi connectivity index (χ1n) is 8.38. The normalized spacial score (nSPS) is 11.5. The van der Waals surface area contributed by atoms with E-state index in [1.54, 1.807) is 0 Å². The first kappa shape index (κ1) is 24.0. The molecule has 5 nitrogen and oxygen atoms in total. The third kappa shape index (κ3) is 10.5. The third-order valence-corrected chi connectivity index (χ3v) is 3.56. The van der Waals surface area contributed by atoms with E-state index >= 15 is 0 Å². The van der Waals surface area contributed by atoms with Gasteiger partial charge in [-0.15, -0.1) is 24.0 Å². The lowest BCUT2D eigenvalue weighted by Gasteiger charge is -2.18.